The van der Waals surface area contributed by atoms with Crippen molar-refractivity contribution < 1.29 is 22.7 Å². The number of nitrogens with one attached hydrogen (secondary N) is 1. The van der Waals surface area contributed by atoms with Gasteiger partial charge >= 0.3 is 5.97 Å². The molecule has 0 fully saturated rings. The number of benzene rings is 1. The Morgan fingerprint density at radius 3 is 2.64 bits per heavy atom. The number of thiophene rings is 1. The smallest absolute Gasteiger partial charge is 0.340 e. The summed E-state index contributed by atoms with van der Waals surface area (Å²) in [5.74, 6) is -0.886. The number of carbonyl (C=O) groups is 2. The van der Waals surface area contributed by atoms with Crippen molar-refractivity contribution in [1.82, 2.24) is 14.7 Å². The van der Waals surface area contributed by atoms with Gasteiger partial charge < -0.3 is 9.64 Å². The van der Waals surface area contributed by atoms with Gasteiger partial charge in [-0.05, 0) is 44.0 Å². The molecule has 3 heterocycles. The molecule has 174 valence electrons. The lowest BCUT2D eigenvalue weighted by Crippen LogP contribution is -2.36. The topological polar surface area (TPSA) is 111 Å². The maximum absolute atomic E-state index is 13.2. The van der Waals surface area contributed by atoms with Crippen molar-refractivity contribution >= 4 is 38.9 Å². The molecule has 0 unspecified atom stereocenters. The van der Waals surface area contributed by atoms with Gasteiger partial charge in [-0.3, -0.25) is 14.2 Å². The fourth-order valence-electron chi connectivity index (χ4n) is 3.88. The van der Waals surface area contributed by atoms with E-state index in [0.717, 1.165) is 17.0 Å². The second kappa shape index (κ2) is 8.99. The van der Waals surface area contributed by atoms with E-state index in [2.05, 4.69) is 9.82 Å². The molecule has 2 aromatic heterocycles. The second-order valence-electron chi connectivity index (χ2n) is 7.59. The number of fused-ring (bicyclic) bond motifs is 1. The van der Waals surface area contributed by atoms with Crippen LogP contribution in [0.4, 0.5) is 5.69 Å². The molecule has 1 aliphatic rings. The number of para-hydroxylation sites is 1. The number of ether oxygens (including phenoxy) is 1. The average molecular weight is 489 g/mol. The summed E-state index contributed by atoms with van der Waals surface area (Å²) in [6.45, 7) is 4.86. The molecule has 0 atom stereocenters. The van der Waals surface area contributed by atoms with Crippen LogP contribution in [0.1, 0.15) is 43.9 Å². The molecule has 11 heteroatoms. The molecule has 4 rings (SSSR count). The molecular weight excluding hydrogens is 464 g/mol. The van der Waals surface area contributed by atoms with Crippen LogP contribution in [0.25, 0.3) is 0 Å². The fraction of sp³-hybridized carbons (Fsp3) is 0.318. The Kier molecular flexibility index (Phi) is 6.26. The average Bonchev–Trinajstić information content (AvgIpc) is 3.38. The van der Waals surface area contributed by atoms with Crippen molar-refractivity contribution in [3.8, 4) is 0 Å². The number of methoxy groups -OCH3 is 1. The van der Waals surface area contributed by atoms with E-state index in [4.69, 9.17) is 4.74 Å². The number of esters is 1. The van der Waals surface area contributed by atoms with E-state index in [1.165, 1.54) is 7.11 Å². The van der Waals surface area contributed by atoms with Crippen LogP contribution in [-0.2, 0) is 34.3 Å². The molecule has 1 N–H and O–H groups in total. The molecule has 3 aromatic rings. The summed E-state index contributed by atoms with van der Waals surface area (Å²) in [5, 5.41) is 4.34. The highest BCUT2D eigenvalue weighted by Crippen LogP contribution is 2.37. The molecule has 0 spiro atoms. The minimum Gasteiger partial charge on any atom is -0.465 e. The van der Waals surface area contributed by atoms with E-state index in [1.54, 1.807) is 46.0 Å². The molecule has 1 amide bonds. The van der Waals surface area contributed by atoms with Gasteiger partial charge in [-0.1, -0.05) is 18.2 Å². The number of nitrogens with zero attached hydrogens (tertiary/aromatic N) is 3. The van der Waals surface area contributed by atoms with Crippen LogP contribution >= 0.6 is 11.3 Å². The van der Waals surface area contributed by atoms with Gasteiger partial charge in [0.2, 0.25) is 0 Å². The van der Waals surface area contributed by atoms with Gasteiger partial charge in [-0.25, -0.2) is 13.2 Å². The summed E-state index contributed by atoms with van der Waals surface area (Å²) >= 11 is 0.996. The van der Waals surface area contributed by atoms with E-state index in [1.807, 2.05) is 13.8 Å². The number of hydrogen-bond acceptors (Lipinski definition) is 7. The summed E-state index contributed by atoms with van der Waals surface area (Å²) in [4.78, 5) is 28.1. The molecule has 9 nitrogen and oxygen atoms in total. The summed E-state index contributed by atoms with van der Waals surface area (Å²) < 4.78 is 35.3. The van der Waals surface area contributed by atoms with Crippen LogP contribution in [0.5, 0.6) is 0 Å². The zero-order valence-electron chi connectivity index (χ0n) is 18.5. The lowest BCUT2D eigenvalue weighted by atomic mass is 10.0. The van der Waals surface area contributed by atoms with Crippen LogP contribution in [0.15, 0.2) is 40.6 Å². The SMILES string of the molecule is CCn1nc(C)cc1C(=O)N1CCc2c(sc(S(=O)(=O)Nc3ccccc3)c2C(=O)OC)C1. The van der Waals surface area contributed by atoms with E-state index in [0.29, 0.717) is 41.3 Å². The minimum atomic E-state index is -4.04. The predicted octanol–water partition coefficient (Wildman–Crippen LogP) is 3.06. The van der Waals surface area contributed by atoms with Crippen molar-refractivity contribution in [1.29, 1.82) is 0 Å². The molecule has 1 aliphatic heterocycles. The number of amides is 1. The Morgan fingerprint density at radius 1 is 1.24 bits per heavy atom. The third kappa shape index (κ3) is 4.38. The van der Waals surface area contributed by atoms with Crippen molar-refractivity contribution in [2.24, 2.45) is 0 Å². The third-order valence-corrected chi connectivity index (χ3v) is 8.51. The number of carbonyl (C=O) groups excluding carboxylic acids is 2. The van der Waals surface area contributed by atoms with Crippen molar-refractivity contribution in [3.63, 3.8) is 0 Å². The second-order valence-corrected chi connectivity index (χ2v) is 10.6. The molecule has 0 radical (unpaired) electrons. The zero-order valence-corrected chi connectivity index (χ0v) is 20.1. The first-order valence-corrected chi connectivity index (χ1v) is 12.7. The lowest BCUT2D eigenvalue weighted by Gasteiger charge is -2.27. The molecule has 0 saturated carbocycles. The van der Waals surface area contributed by atoms with Crippen LogP contribution in [0.2, 0.25) is 0 Å². The fourth-order valence-corrected chi connectivity index (χ4v) is 6.84. The zero-order chi connectivity index (χ0) is 23.8. The van der Waals surface area contributed by atoms with Crippen LogP contribution < -0.4 is 4.72 Å². The molecule has 0 saturated heterocycles. The van der Waals surface area contributed by atoms with Crippen LogP contribution in [-0.4, -0.2) is 48.6 Å². The first-order valence-electron chi connectivity index (χ1n) is 10.4. The Bertz CT molecular complexity index is 1310. The van der Waals surface area contributed by atoms with Crippen molar-refractivity contribution in [3.05, 3.63) is 63.8 Å². The van der Waals surface area contributed by atoms with Gasteiger partial charge in [-0.2, -0.15) is 5.10 Å². The number of hydrogen-bond donors (Lipinski definition) is 1. The predicted molar refractivity (Wildman–Crippen MR) is 124 cm³/mol. The van der Waals surface area contributed by atoms with E-state index in [-0.39, 0.29) is 22.2 Å². The van der Waals surface area contributed by atoms with Gasteiger partial charge in [0.15, 0.2) is 4.21 Å². The molecule has 0 bridgehead atoms. The van der Waals surface area contributed by atoms with E-state index >= 15 is 0 Å². The van der Waals surface area contributed by atoms with Crippen molar-refractivity contribution in [2.45, 2.75) is 37.6 Å². The maximum Gasteiger partial charge on any atom is 0.340 e. The molecular formula is C22H24N4O5S2. The van der Waals surface area contributed by atoms with Crippen LogP contribution in [0, 0.1) is 6.92 Å². The monoisotopic (exact) mass is 488 g/mol. The quantitative estimate of drug-likeness (QED) is 0.534. The summed E-state index contributed by atoms with van der Waals surface area (Å²) in [6, 6.07) is 10.2. The first-order chi connectivity index (χ1) is 15.7. The van der Waals surface area contributed by atoms with Gasteiger partial charge in [-0.15, -0.1) is 11.3 Å². The highest BCUT2D eigenvalue weighted by atomic mass is 32.2. The number of anilines is 1. The van der Waals surface area contributed by atoms with E-state index < -0.39 is 16.0 Å². The van der Waals surface area contributed by atoms with E-state index in [9.17, 15) is 18.0 Å². The summed E-state index contributed by atoms with van der Waals surface area (Å²) in [6.07, 6.45) is 0.349. The standard InChI is InChI=1S/C22H24N4O5S2/c1-4-26-17(12-14(2)23-26)20(27)25-11-10-16-18(13-25)32-22(19(16)21(28)31-3)33(29,30)24-15-8-6-5-7-9-15/h5-9,12,24H,4,10-11,13H2,1-3H3. The molecule has 33 heavy (non-hydrogen) atoms. The Morgan fingerprint density at radius 2 is 1.97 bits per heavy atom. The normalized spacial score (nSPS) is 13.5. The molecule has 1 aromatic carbocycles. The number of sulfonamides is 1. The first kappa shape index (κ1) is 23.0. The number of aromatic nitrogens is 2. The van der Waals surface area contributed by atoms with Crippen molar-refractivity contribution in [2.75, 3.05) is 18.4 Å². The molecule has 0 aliphatic carbocycles. The highest BCUT2D eigenvalue weighted by Gasteiger charge is 2.35. The lowest BCUT2D eigenvalue weighted by molar-refractivity contribution is 0.0595. The number of rotatable bonds is 6. The Labute approximate surface area is 196 Å². The van der Waals surface area contributed by atoms with Gasteiger partial charge in [0.05, 0.1) is 24.9 Å². The maximum atomic E-state index is 13.2. The Balaban J connectivity index is 1.70. The van der Waals surface area contributed by atoms with Crippen LogP contribution in [0.3, 0.4) is 0 Å². The minimum absolute atomic E-state index is 0.0440. The van der Waals surface area contributed by atoms with Gasteiger partial charge in [0.1, 0.15) is 5.69 Å². The largest absolute Gasteiger partial charge is 0.465 e. The van der Waals surface area contributed by atoms with Gasteiger partial charge in [0, 0.05) is 23.7 Å². The number of aryl methyl sites for hydroxylation is 2. The van der Waals surface area contributed by atoms with Gasteiger partial charge in [0.25, 0.3) is 15.9 Å². The summed E-state index contributed by atoms with van der Waals surface area (Å²) in [5.41, 5.74) is 2.29. The third-order valence-electron chi connectivity index (χ3n) is 5.39. The highest BCUT2D eigenvalue weighted by molar-refractivity contribution is 7.94. The summed E-state index contributed by atoms with van der Waals surface area (Å²) in [7, 11) is -2.82. The Hall–Kier alpha value is -3.18.